The van der Waals surface area contributed by atoms with Crippen LogP contribution >= 0.6 is 11.8 Å². The van der Waals surface area contributed by atoms with Gasteiger partial charge in [-0.1, -0.05) is 54.2 Å². The fourth-order valence-corrected chi connectivity index (χ4v) is 3.94. The zero-order valence-corrected chi connectivity index (χ0v) is 18.3. The number of nitrogens with zero attached hydrogens (tertiary/aromatic N) is 2. The molecule has 0 spiro atoms. The summed E-state index contributed by atoms with van der Waals surface area (Å²) in [5, 5.41) is 5.50. The van der Waals surface area contributed by atoms with Gasteiger partial charge in [-0.15, -0.1) is 0 Å². The lowest BCUT2D eigenvalue weighted by Gasteiger charge is -2.06. The topological polar surface area (TPSA) is 92.5 Å². The molecule has 2 heterocycles. The Balaban J connectivity index is 1.18. The fraction of sp³-hybridized carbons (Fsp3) is 0.0800. The molecule has 164 valence electrons. The number of thioether (sulfide) groups is 1. The van der Waals surface area contributed by atoms with Crippen LogP contribution in [-0.2, 0) is 11.4 Å². The summed E-state index contributed by atoms with van der Waals surface area (Å²) >= 11 is 1.22. The molecule has 0 fully saturated rings. The number of carbonyl (C=O) groups is 1. The van der Waals surface area contributed by atoms with Crippen LogP contribution in [0, 0.1) is 0 Å². The average Bonchev–Trinajstić information content (AvgIpc) is 3.45. The highest BCUT2D eigenvalue weighted by atomic mass is 32.2. The van der Waals surface area contributed by atoms with E-state index >= 15 is 0 Å². The number of H-pyrrole nitrogens is 1. The second-order valence-electron chi connectivity index (χ2n) is 7.26. The molecular formula is C25H20N4O3S. The average molecular weight is 457 g/mol. The number of nitrogens with one attached hydrogen (secondary N) is 2. The Morgan fingerprint density at radius 1 is 1.12 bits per heavy atom. The summed E-state index contributed by atoms with van der Waals surface area (Å²) < 4.78 is 11.5. The second kappa shape index (κ2) is 9.62. The van der Waals surface area contributed by atoms with Gasteiger partial charge in [0.05, 0.1) is 12.0 Å². The quantitative estimate of drug-likeness (QED) is 0.192. The first-order valence-electron chi connectivity index (χ1n) is 10.3. The molecule has 0 atom stereocenters. The van der Waals surface area contributed by atoms with Crippen LogP contribution in [0.1, 0.15) is 11.1 Å². The van der Waals surface area contributed by atoms with Crippen LogP contribution in [0.25, 0.3) is 22.0 Å². The molecule has 0 saturated carbocycles. The Labute approximate surface area is 193 Å². The van der Waals surface area contributed by atoms with E-state index in [2.05, 4.69) is 20.5 Å². The normalized spacial score (nSPS) is 11.4. The van der Waals surface area contributed by atoms with E-state index in [0.717, 1.165) is 33.3 Å². The number of carbonyl (C=O) groups excluding carboxylic acids is 1. The zero-order chi connectivity index (χ0) is 22.5. The van der Waals surface area contributed by atoms with E-state index in [1.807, 2.05) is 79.0 Å². The van der Waals surface area contributed by atoms with Gasteiger partial charge >= 0.3 is 0 Å². The molecule has 7 nitrogen and oxygen atoms in total. The zero-order valence-electron chi connectivity index (χ0n) is 17.5. The minimum atomic E-state index is -0.245. The highest BCUT2D eigenvalue weighted by molar-refractivity contribution is 7.99. The lowest BCUT2D eigenvalue weighted by Crippen LogP contribution is -2.19. The molecule has 0 aliphatic carbocycles. The summed E-state index contributed by atoms with van der Waals surface area (Å²) in [5.41, 5.74) is 6.93. The Morgan fingerprint density at radius 2 is 1.97 bits per heavy atom. The maximum Gasteiger partial charge on any atom is 0.257 e. The summed E-state index contributed by atoms with van der Waals surface area (Å²) in [4.78, 5) is 19.7. The van der Waals surface area contributed by atoms with Crippen molar-refractivity contribution in [2.45, 2.75) is 11.8 Å². The van der Waals surface area contributed by atoms with Crippen LogP contribution in [0.4, 0.5) is 0 Å². The number of rotatable bonds is 8. The molecule has 0 radical (unpaired) electrons. The van der Waals surface area contributed by atoms with Gasteiger partial charge in [-0.05, 0) is 35.9 Å². The Bertz CT molecular complexity index is 1390. The molecule has 0 aliphatic heterocycles. The van der Waals surface area contributed by atoms with Crippen molar-refractivity contribution in [1.29, 1.82) is 0 Å². The minimum absolute atomic E-state index is 0.148. The Kier molecular flexibility index (Phi) is 6.08. The van der Waals surface area contributed by atoms with Crippen molar-refractivity contribution < 1.29 is 13.9 Å². The van der Waals surface area contributed by atoms with E-state index in [1.165, 1.54) is 11.8 Å². The monoisotopic (exact) mass is 456 g/mol. The number of benzene rings is 3. The van der Waals surface area contributed by atoms with Gasteiger partial charge in [0.25, 0.3) is 11.1 Å². The molecule has 5 rings (SSSR count). The van der Waals surface area contributed by atoms with Crippen LogP contribution in [-0.4, -0.2) is 27.8 Å². The molecule has 2 aromatic heterocycles. The number of fused-ring (bicyclic) bond motifs is 2. The van der Waals surface area contributed by atoms with E-state index in [9.17, 15) is 4.79 Å². The largest absolute Gasteiger partial charge is 0.489 e. The van der Waals surface area contributed by atoms with Crippen LogP contribution in [0.2, 0.25) is 0 Å². The number of hydrogen-bond donors (Lipinski definition) is 2. The van der Waals surface area contributed by atoms with Gasteiger partial charge in [-0.3, -0.25) is 4.79 Å². The van der Waals surface area contributed by atoms with Gasteiger partial charge in [0.15, 0.2) is 5.58 Å². The predicted octanol–water partition coefficient (Wildman–Crippen LogP) is 5.13. The summed E-state index contributed by atoms with van der Waals surface area (Å²) in [6, 6.07) is 23.3. The van der Waals surface area contributed by atoms with E-state index < -0.39 is 0 Å². The summed E-state index contributed by atoms with van der Waals surface area (Å²) in [6.45, 7) is 0.494. The van der Waals surface area contributed by atoms with Crippen LogP contribution in [0.3, 0.4) is 0 Å². The number of ether oxygens (including phenoxy) is 1. The molecule has 1 amide bonds. The predicted molar refractivity (Wildman–Crippen MR) is 130 cm³/mol. The van der Waals surface area contributed by atoms with Crippen molar-refractivity contribution in [2.75, 3.05) is 5.75 Å². The summed E-state index contributed by atoms with van der Waals surface area (Å²) in [6.07, 6.45) is 3.45. The van der Waals surface area contributed by atoms with Gasteiger partial charge in [0.2, 0.25) is 0 Å². The van der Waals surface area contributed by atoms with Gasteiger partial charge in [0, 0.05) is 22.7 Å². The highest BCUT2D eigenvalue weighted by Gasteiger charge is 2.09. The number of oxazole rings is 1. The van der Waals surface area contributed by atoms with Gasteiger partial charge in [0.1, 0.15) is 17.9 Å². The van der Waals surface area contributed by atoms with Crippen molar-refractivity contribution in [3.8, 4) is 5.75 Å². The van der Waals surface area contributed by atoms with Gasteiger partial charge in [-0.25, -0.2) is 10.4 Å². The third kappa shape index (κ3) is 5.07. The molecule has 33 heavy (non-hydrogen) atoms. The molecule has 8 heteroatoms. The molecule has 0 bridgehead atoms. The van der Waals surface area contributed by atoms with E-state index in [4.69, 9.17) is 9.15 Å². The number of hydrogen-bond acceptors (Lipinski definition) is 6. The fourth-order valence-electron chi connectivity index (χ4n) is 3.30. The van der Waals surface area contributed by atoms with Crippen molar-refractivity contribution in [3.05, 3.63) is 90.1 Å². The Hall–Kier alpha value is -4.04. The van der Waals surface area contributed by atoms with Crippen LogP contribution in [0.5, 0.6) is 5.75 Å². The maximum absolute atomic E-state index is 12.2. The lowest BCUT2D eigenvalue weighted by atomic mass is 10.2. The van der Waals surface area contributed by atoms with Gasteiger partial charge < -0.3 is 14.1 Å². The maximum atomic E-state index is 12.2. The third-order valence-electron chi connectivity index (χ3n) is 4.93. The van der Waals surface area contributed by atoms with E-state index in [-0.39, 0.29) is 11.7 Å². The van der Waals surface area contributed by atoms with Gasteiger partial charge in [-0.2, -0.15) is 5.10 Å². The molecule has 0 aliphatic rings. The molecule has 3 aromatic carbocycles. The van der Waals surface area contributed by atoms with E-state index in [0.29, 0.717) is 17.4 Å². The first-order valence-corrected chi connectivity index (χ1v) is 11.3. The second-order valence-corrected chi connectivity index (χ2v) is 8.18. The highest BCUT2D eigenvalue weighted by Crippen LogP contribution is 2.24. The molecular weight excluding hydrogens is 436 g/mol. The lowest BCUT2D eigenvalue weighted by molar-refractivity contribution is -0.118. The minimum Gasteiger partial charge on any atom is -0.489 e. The SMILES string of the molecule is O=C(CSc1nc2ccccc2o1)N/N=C\c1c[nH]c2ccc(OCc3ccccc3)cc12. The van der Waals surface area contributed by atoms with Crippen LogP contribution in [0.15, 0.2) is 93.7 Å². The van der Waals surface area contributed by atoms with E-state index in [1.54, 1.807) is 6.21 Å². The molecule has 0 saturated heterocycles. The number of amides is 1. The number of hydrazone groups is 1. The number of aromatic amines is 1. The summed E-state index contributed by atoms with van der Waals surface area (Å²) in [5.74, 6) is 0.666. The standard InChI is InChI=1S/C25H20N4O3S/c30-24(16-33-25-28-22-8-4-5-9-23(22)32-25)29-27-14-18-13-26-21-11-10-19(12-20(18)21)31-15-17-6-2-1-3-7-17/h1-14,26H,15-16H2,(H,29,30)/b27-14-. The van der Waals surface area contributed by atoms with Crippen molar-refractivity contribution in [3.63, 3.8) is 0 Å². The summed E-state index contributed by atoms with van der Waals surface area (Å²) in [7, 11) is 0. The number of para-hydroxylation sites is 2. The molecule has 2 N–H and O–H groups in total. The molecule has 5 aromatic rings. The first-order chi connectivity index (χ1) is 16.2. The first kappa shape index (κ1) is 20.8. The smallest absolute Gasteiger partial charge is 0.257 e. The number of aromatic nitrogens is 2. The third-order valence-corrected chi connectivity index (χ3v) is 5.76. The molecule has 0 unspecified atom stereocenters. The van der Waals surface area contributed by atoms with Crippen molar-refractivity contribution in [2.24, 2.45) is 5.10 Å². The van der Waals surface area contributed by atoms with Crippen molar-refractivity contribution >= 4 is 45.9 Å². The Morgan fingerprint density at radius 3 is 2.85 bits per heavy atom. The van der Waals surface area contributed by atoms with Crippen molar-refractivity contribution in [1.82, 2.24) is 15.4 Å². The van der Waals surface area contributed by atoms with Crippen LogP contribution < -0.4 is 10.2 Å².